The minimum Gasteiger partial charge on any atom is -0.488 e. The zero-order valence-electron chi connectivity index (χ0n) is 14.3. The fraction of sp³-hybridized carbons (Fsp3) is 0.158. The molecule has 3 rings (SSSR count). The van der Waals surface area contributed by atoms with Crippen LogP contribution >= 0.6 is 0 Å². The monoisotopic (exact) mass is 356 g/mol. The molecule has 1 aromatic heterocycles. The number of aromatic amines is 1. The van der Waals surface area contributed by atoms with Crippen LogP contribution < -0.4 is 10.1 Å². The molecule has 3 aromatic rings. The van der Waals surface area contributed by atoms with Crippen LogP contribution in [-0.4, -0.2) is 24.0 Å². The number of H-pyrrole nitrogens is 1. The van der Waals surface area contributed by atoms with Crippen molar-refractivity contribution in [2.45, 2.75) is 13.5 Å². The summed E-state index contributed by atoms with van der Waals surface area (Å²) < 4.78 is 23.6. The van der Waals surface area contributed by atoms with Gasteiger partial charge in [0.05, 0.1) is 12.6 Å². The second-order valence-corrected chi connectivity index (χ2v) is 5.71. The van der Waals surface area contributed by atoms with Crippen molar-refractivity contribution in [3.8, 4) is 5.75 Å². The van der Waals surface area contributed by atoms with Crippen LogP contribution in [0.25, 0.3) is 10.9 Å². The lowest BCUT2D eigenvalue weighted by atomic mass is 10.2. The van der Waals surface area contributed by atoms with Crippen LogP contribution in [0.2, 0.25) is 0 Å². The Morgan fingerprint density at radius 2 is 1.88 bits per heavy atom. The van der Waals surface area contributed by atoms with Crippen molar-refractivity contribution in [3.63, 3.8) is 0 Å². The number of halogens is 1. The molecule has 1 heterocycles. The molecule has 2 N–H and O–H groups in total. The number of anilines is 1. The van der Waals surface area contributed by atoms with E-state index in [2.05, 4.69) is 10.3 Å². The summed E-state index contributed by atoms with van der Waals surface area (Å²) in [5.41, 5.74) is 2.20. The third-order valence-electron chi connectivity index (χ3n) is 3.73. The Bertz CT molecular complexity index is 964. The summed E-state index contributed by atoms with van der Waals surface area (Å²) >= 11 is 0. The molecule has 0 atom stereocenters. The summed E-state index contributed by atoms with van der Waals surface area (Å²) in [5.74, 6) is -0.584. The molecular formula is C19H17FN2O4. The van der Waals surface area contributed by atoms with Crippen LogP contribution in [0.5, 0.6) is 5.75 Å². The van der Waals surface area contributed by atoms with Crippen LogP contribution in [-0.2, 0) is 16.1 Å². The third-order valence-corrected chi connectivity index (χ3v) is 3.73. The number of esters is 1. The first-order chi connectivity index (χ1) is 12.5. The fourth-order valence-corrected chi connectivity index (χ4v) is 2.56. The van der Waals surface area contributed by atoms with Crippen molar-refractivity contribution < 1.29 is 23.5 Å². The lowest BCUT2D eigenvalue weighted by Gasteiger charge is -2.10. The second kappa shape index (κ2) is 7.26. The van der Waals surface area contributed by atoms with Crippen molar-refractivity contribution in [1.82, 2.24) is 4.98 Å². The summed E-state index contributed by atoms with van der Waals surface area (Å²) in [5, 5.41) is 3.36. The van der Waals surface area contributed by atoms with E-state index >= 15 is 0 Å². The highest BCUT2D eigenvalue weighted by Gasteiger charge is 2.14. The van der Waals surface area contributed by atoms with Gasteiger partial charge in [0.1, 0.15) is 23.9 Å². The SMILES string of the molecule is COC(=O)c1cc2c(OCc3ccc(F)cc3)cc(NC(C)=O)cc2[nH]1. The molecule has 0 aliphatic heterocycles. The van der Waals surface area contributed by atoms with Crippen molar-refractivity contribution in [2.24, 2.45) is 0 Å². The van der Waals surface area contributed by atoms with Gasteiger partial charge in [-0.3, -0.25) is 4.79 Å². The molecule has 0 aliphatic rings. The molecule has 0 saturated carbocycles. The molecule has 0 radical (unpaired) electrons. The average molecular weight is 356 g/mol. The van der Waals surface area contributed by atoms with E-state index in [1.807, 2.05) is 0 Å². The number of rotatable bonds is 5. The quantitative estimate of drug-likeness (QED) is 0.684. The molecule has 0 spiro atoms. The van der Waals surface area contributed by atoms with Crippen LogP contribution in [0, 0.1) is 5.82 Å². The van der Waals surface area contributed by atoms with Crippen molar-refractivity contribution in [3.05, 3.63) is 59.5 Å². The lowest BCUT2D eigenvalue weighted by molar-refractivity contribution is -0.114. The smallest absolute Gasteiger partial charge is 0.354 e. The number of aromatic nitrogens is 1. The molecule has 0 bridgehead atoms. The predicted molar refractivity (Wildman–Crippen MR) is 94.7 cm³/mol. The van der Waals surface area contributed by atoms with Crippen molar-refractivity contribution in [1.29, 1.82) is 0 Å². The maximum absolute atomic E-state index is 13.0. The Morgan fingerprint density at radius 1 is 1.15 bits per heavy atom. The first kappa shape index (κ1) is 17.5. The molecule has 1 amide bonds. The number of methoxy groups -OCH3 is 1. The first-order valence-electron chi connectivity index (χ1n) is 7.86. The summed E-state index contributed by atoms with van der Waals surface area (Å²) in [4.78, 5) is 26.1. The Labute approximate surface area is 148 Å². The molecular weight excluding hydrogens is 339 g/mol. The van der Waals surface area contributed by atoms with Crippen LogP contribution in [0.3, 0.4) is 0 Å². The minimum atomic E-state index is -0.508. The van der Waals surface area contributed by atoms with Gasteiger partial charge < -0.3 is 19.8 Å². The third kappa shape index (κ3) is 3.83. The van der Waals surface area contributed by atoms with Gasteiger partial charge in [-0.15, -0.1) is 0 Å². The molecule has 6 nitrogen and oxygen atoms in total. The normalized spacial score (nSPS) is 10.6. The van der Waals surface area contributed by atoms with Gasteiger partial charge in [0.25, 0.3) is 0 Å². The number of hydrogen-bond acceptors (Lipinski definition) is 4. The fourth-order valence-electron chi connectivity index (χ4n) is 2.56. The molecule has 0 saturated heterocycles. The van der Waals surface area contributed by atoms with Gasteiger partial charge in [-0.05, 0) is 29.8 Å². The topological polar surface area (TPSA) is 80.4 Å². The Kier molecular flexibility index (Phi) is 4.88. The lowest BCUT2D eigenvalue weighted by Crippen LogP contribution is -2.06. The number of carbonyl (C=O) groups excluding carboxylic acids is 2. The van der Waals surface area contributed by atoms with E-state index < -0.39 is 5.97 Å². The average Bonchev–Trinajstić information content (AvgIpc) is 3.04. The Balaban J connectivity index is 1.96. The van der Waals surface area contributed by atoms with Gasteiger partial charge in [0.2, 0.25) is 5.91 Å². The molecule has 0 unspecified atom stereocenters. The van der Waals surface area contributed by atoms with E-state index in [9.17, 15) is 14.0 Å². The molecule has 0 fully saturated rings. The standard InChI is InChI=1S/C19H17FN2O4/c1-11(23)21-14-7-16-15(9-17(22-16)19(24)25-2)18(8-14)26-10-12-3-5-13(20)6-4-12/h3-9,22H,10H2,1-2H3,(H,21,23). The number of nitrogens with one attached hydrogen (secondary N) is 2. The molecule has 2 aromatic carbocycles. The summed E-state index contributed by atoms with van der Waals surface area (Å²) in [7, 11) is 1.29. The first-order valence-corrected chi connectivity index (χ1v) is 7.86. The number of fused-ring (bicyclic) bond motifs is 1. The van der Waals surface area contributed by atoms with E-state index in [-0.39, 0.29) is 24.0 Å². The number of hydrogen-bond donors (Lipinski definition) is 2. The van der Waals surface area contributed by atoms with Gasteiger partial charge in [0, 0.05) is 24.1 Å². The van der Waals surface area contributed by atoms with Gasteiger partial charge in [0.15, 0.2) is 0 Å². The minimum absolute atomic E-state index is 0.206. The molecule has 134 valence electrons. The maximum Gasteiger partial charge on any atom is 0.354 e. The number of amides is 1. The van der Waals surface area contributed by atoms with E-state index in [0.717, 1.165) is 5.56 Å². The van der Waals surface area contributed by atoms with Crippen molar-refractivity contribution >= 4 is 28.5 Å². The van der Waals surface area contributed by atoms with E-state index in [1.165, 1.54) is 26.2 Å². The van der Waals surface area contributed by atoms with Gasteiger partial charge in [-0.2, -0.15) is 0 Å². The van der Waals surface area contributed by atoms with Gasteiger partial charge >= 0.3 is 5.97 Å². The van der Waals surface area contributed by atoms with Crippen LogP contribution in [0.4, 0.5) is 10.1 Å². The number of carbonyl (C=O) groups is 2. The van der Waals surface area contributed by atoms with Crippen LogP contribution in [0.15, 0.2) is 42.5 Å². The van der Waals surface area contributed by atoms with Gasteiger partial charge in [-0.25, -0.2) is 9.18 Å². The highest BCUT2D eigenvalue weighted by atomic mass is 19.1. The molecule has 0 aliphatic carbocycles. The van der Waals surface area contributed by atoms with E-state index in [4.69, 9.17) is 9.47 Å². The predicted octanol–water partition coefficient (Wildman–Crippen LogP) is 3.63. The summed E-state index contributed by atoms with van der Waals surface area (Å²) in [6.45, 7) is 1.61. The second-order valence-electron chi connectivity index (χ2n) is 5.71. The zero-order valence-corrected chi connectivity index (χ0v) is 14.3. The summed E-state index contributed by atoms with van der Waals surface area (Å²) in [6.07, 6.45) is 0. The Morgan fingerprint density at radius 3 is 2.54 bits per heavy atom. The maximum atomic E-state index is 13.0. The largest absolute Gasteiger partial charge is 0.488 e. The molecule has 7 heteroatoms. The van der Waals surface area contributed by atoms with Crippen LogP contribution in [0.1, 0.15) is 23.0 Å². The summed E-state index contributed by atoms with van der Waals surface area (Å²) in [6, 6.07) is 11.0. The number of benzene rings is 2. The van der Waals surface area contributed by atoms with E-state index in [0.29, 0.717) is 22.3 Å². The molecule has 26 heavy (non-hydrogen) atoms. The highest BCUT2D eigenvalue weighted by Crippen LogP contribution is 2.31. The van der Waals surface area contributed by atoms with Crippen molar-refractivity contribution in [2.75, 3.05) is 12.4 Å². The van der Waals surface area contributed by atoms with E-state index in [1.54, 1.807) is 30.3 Å². The van der Waals surface area contributed by atoms with Gasteiger partial charge in [-0.1, -0.05) is 12.1 Å². The highest BCUT2D eigenvalue weighted by molar-refractivity contribution is 6.00. The Hall–Kier alpha value is -3.35. The zero-order chi connectivity index (χ0) is 18.7. The number of ether oxygens (including phenoxy) is 2.